The lowest BCUT2D eigenvalue weighted by molar-refractivity contribution is -0.146. The molecule has 0 bridgehead atoms. The highest BCUT2D eigenvalue weighted by molar-refractivity contribution is 5.92. The van der Waals surface area contributed by atoms with Crippen molar-refractivity contribution < 1.29 is 24.2 Å². The summed E-state index contributed by atoms with van der Waals surface area (Å²) in [4.78, 5) is 25.2. The quantitative estimate of drug-likeness (QED) is 0.517. The van der Waals surface area contributed by atoms with Crippen LogP contribution in [0.1, 0.15) is 25.8 Å². The lowest BCUT2D eigenvalue weighted by atomic mass is 10.1. The fraction of sp³-hybridized carbons (Fsp3) is 0.474. The van der Waals surface area contributed by atoms with E-state index in [4.69, 9.17) is 9.84 Å². The molecule has 138 valence electrons. The molecule has 6 nitrogen and oxygen atoms in total. The maximum absolute atomic E-state index is 12.3. The zero-order valence-electron chi connectivity index (χ0n) is 15.1. The summed E-state index contributed by atoms with van der Waals surface area (Å²) >= 11 is 0. The Balaban J connectivity index is 2.68. The Hall–Kier alpha value is -2.34. The van der Waals surface area contributed by atoms with Gasteiger partial charge >= 0.3 is 5.97 Å². The molecule has 1 aromatic carbocycles. The van der Waals surface area contributed by atoms with E-state index in [2.05, 4.69) is 4.74 Å². The number of esters is 1. The third-order valence-electron chi connectivity index (χ3n) is 3.55. The largest absolute Gasteiger partial charge is 0.494 e. The summed E-state index contributed by atoms with van der Waals surface area (Å²) in [6.07, 6.45) is 4.07. The Morgan fingerprint density at radius 3 is 2.52 bits per heavy atom. The fourth-order valence-electron chi connectivity index (χ4n) is 2.19. The van der Waals surface area contributed by atoms with Crippen LogP contribution in [0.25, 0.3) is 6.08 Å². The number of hydrogen-bond acceptors (Lipinski definition) is 5. The predicted molar refractivity (Wildman–Crippen MR) is 96.1 cm³/mol. The van der Waals surface area contributed by atoms with E-state index in [1.807, 2.05) is 31.2 Å². The summed E-state index contributed by atoms with van der Waals surface area (Å²) in [5, 5.41) is 9.13. The topological polar surface area (TPSA) is 76.1 Å². The minimum Gasteiger partial charge on any atom is -0.494 e. The number of carbonyl (C=O) groups excluding carboxylic acids is 2. The van der Waals surface area contributed by atoms with Crippen molar-refractivity contribution in [1.29, 1.82) is 0 Å². The highest BCUT2D eigenvalue weighted by atomic mass is 16.5. The van der Waals surface area contributed by atoms with Crippen LogP contribution in [-0.4, -0.2) is 55.3 Å². The molecular weight excluding hydrogens is 322 g/mol. The Morgan fingerprint density at radius 1 is 1.28 bits per heavy atom. The number of aliphatic hydroxyl groups is 1. The zero-order valence-corrected chi connectivity index (χ0v) is 15.1. The molecule has 1 unspecified atom stereocenters. The van der Waals surface area contributed by atoms with Gasteiger partial charge in [0.2, 0.25) is 5.91 Å². The number of ether oxygens (including phenoxy) is 2. The minimum atomic E-state index is -0.455. The molecule has 0 radical (unpaired) electrons. The first-order valence-electron chi connectivity index (χ1n) is 8.40. The number of amides is 1. The number of nitrogens with zero attached hydrogens (tertiary/aromatic N) is 1. The molecule has 1 aromatic rings. The van der Waals surface area contributed by atoms with Gasteiger partial charge in [-0.1, -0.05) is 26.0 Å². The van der Waals surface area contributed by atoms with E-state index in [-0.39, 0.29) is 31.6 Å². The summed E-state index contributed by atoms with van der Waals surface area (Å²) in [7, 11) is 1.31. The van der Waals surface area contributed by atoms with E-state index < -0.39 is 5.92 Å². The molecule has 1 rings (SSSR count). The van der Waals surface area contributed by atoms with E-state index in [0.29, 0.717) is 6.61 Å². The summed E-state index contributed by atoms with van der Waals surface area (Å²) in [5.74, 6) is -0.318. The molecule has 0 saturated carbocycles. The average Bonchev–Trinajstić information content (AvgIpc) is 2.64. The number of methoxy groups -OCH3 is 1. The normalized spacial score (nSPS) is 12.0. The number of carbonyl (C=O) groups is 2. The van der Waals surface area contributed by atoms with Crippen LogP contribution in [0.2, 0.25) is 0 Å². The fourth-order valence-corrected chi connectivity index (χ4v) is 2.19. The number of rotatable bonds is 10. The second kappa shape index (κ2) is 11.3. The van der Waals surface area contributed by atoms with Crippen molar-refractivity contribution in [3.8, 4) is 5.75 Å². The van der Waals surface area contributed by atoms with Crippen LogP contribution in [0.4, 0.5) is 0 Å². The molecule has 0 aliphatic heterocycles. The summed E-state index contributed by atoms with van der Waals surface area (Å²) < 4.78 is 10.2. The molecule has 0 spiro atoms. The highest BCUT2D eigenvalue weighted by Gasteiger charge is 2.19. The maximum Gasteiger partial charge on any atom is 0.310 e. The van der Waals surface area contributed by atoms with Crippen molar-refractivity contribution in [2.24, 2.45) is 5.92 Å². The lowest BCUT2D eigenvalue weighted by Gasteiger charge is -2.22. The number of hydrogen-bond donors (Lipinski definition) is 1. The van der Waals surface area contributed by atoms with Gasteiger partial charge in [0, 0.05) is 19.2 Å². The molecular formula is C19H27NO5. The summed E-state index contributed by atoms with van der Waals surface area (Å²) in [6.45, 7) is 4.58. The van der Waals surface area contributed by atoms with Gasteiger partial charge in [0.25, 0.3) is 0 Å². The van der Waals surface area contributed by atoms with Crippen molar-refractivity contribution in [3.63, 3.8) is 0 Å². The van der Waals surface area contributed by atoms with Crippen molar-refractivity contribution in [1.82, 2.24) is 4.90 Å². The first-order valence-corrected chi connectivity index (χ1v) is 8.40. The van der Waals surface area contributed by atoms with Crippen LogP contribution in [0.15, 0.2) is 30.3 Å². The zero-order chi connectivity index (χ0) is 18.7. The van der Waals surface area contributed by atoms with Gasteiger partial charge in [-0.05, 0) is 30.2 Å². The van der Waals surface area contributed by atoms with Crippen molar-refractivity contribution in [2.75, 3.05) is 33.4 Å². The van der Waals surface area contributed by atoms with Crippen LogP contribution in [0, 0.1) is 5.92 Å². The van der Waals surface area contributed by atoms with Gasteiger partial charge in [0.1, 0.15) is 5.75 Å². The van der Waals surface area contributed by atoms with E-state index in [9.17, 15) is 9.59 Å². The van der Waals surface area contributed by atoms with Crippen LogP contribution < -0.4 is 4.74 Å². The SMILES string of the molecule is CCCOc1ccc(/C=C/C(=O)N(CCO)CC(C)C(=O)OC)cc1. The maximum atomic E-state index is 12.3. The van der Waals surface area contributed by atoms with Gasteiger partial charge in [0.15, 0.2) is 0 Å². The van der Waals surface area contributed by atoms with E-state index in [1.54, 1.807) is 13.0 Å². The molecule has 1 N–H and O–H groups in total. The lowest BCUT2D eigenvalue weighted by Crippen LogP contribution is -2.38. The van der Waals surface area contributed by atoms with E-state index >= 15 is 0 Å². The molecule has 1 amide bonds. The standard InChI is InChI=1S/C19H27NO5/c1-4-13-25-17-8-5-16(6-9-17)7-10-18(22)20(11-12-21)14-15(2)19(23)24-3/h5-10,15,21H,4,11-14H2,1-3H3/b10-7+. The molecule has 1 atom stereocenters. The van der Waals surface area contributed by atoms with Gasteiger partial charge in [-0.25, -0.2) is 0 Å². The van der Waals surface area contributed by atoms with Crippen molar-refractivity contribution in [3.05, 3.63) is 35.9 Å². The van der Waals surface area contributed by atoms with Crippen molar-refractivity contribution in [2.45, 2.75) is 20.3 Å². The van der Waals surface area contributed by atoms with Gasteiger partial charge in [-0.15, -0.1) is 0 Å². The molecule has 6 heteroatoms. The summed E-state index contributed by atoms with van der Waals surface area (Å²) in [6, 6.07) is 7.43. The van der Waals surface area contributed by atoms with Gasteiger partial charge in [-0.2, -0.15) is 0 Å². The van der Waals surface area contributed by atoms with E-state index in [1.165, 1.54) is 18.1 Å². The second-order valence-corrected chi connectivity index (χ2v) is 5.68. The van der Waals surface area contributed by atoms with Gasteiger partial charge in [-0.3, -0.25) is 9.59 Å². The molecule has 0 aliphatic carbocycles. The van der Waals surface area contributed by atoms with Crippen molar-refractivity contribution >= 4 is 18.0 Å². The summed E-state index contributed by atoms with van der Waals surface area (Å²) in [5.41, 5.74) is 0.863. The highest BCUT2D eigenvalue weighted by Crippen LogP contribution is 2.14. The third kappa shape index (κ3) is 7.39. The van der Waals surface area contributed by atoms with Gasteiger partial charge in [0.05, 0.1) is 26.2 Å². The molecule has 0 fully saturated rings. The first kappa shape index (κ1) is 20.7. The predicted octanol–water partition coefficient (Wildman–Crippen LogP) is 2.12. The molecule has 25 heavy (non-hydrogen) atoms. The third-order valence-corrected chi connectivity index (χ3v) is 3.55. The molecule has 0 heterocycles. The second-order valence-electron chi connectivity index (χ2n) is 5.68. The Bertz CT molecular complexity index is 568. The molecule has 0 aromatic heterocycles. The Morgan fingerprint density at radius 2 is 1.96 bits per heavy atom. The Labute approximate surface area is 149 Å². The molecule has 0 aliphatic rings. The van der Waals surface area contributed by atoms with Gasteiger partial charge < -0.3 is 19.5 Å². The molecule has 0 saturated heterocycles. The smallest absolute Gasteiger partial charge is 0.310 e. The van der Waals surface area contributed by atoms with Crippen LogP contribution in [0.3, 0.4) is 0 Å². The number of benzene rings is 1. The minimum absolute atomic E-state index is 0.161. The monoisotopic (exact) mass is 349 g/mol. The first-order chi connectivity index (χ1) is 12.0. The van der Waals surface area contributed by atoms with Crippen LogP contribution in [-0.2, 0) is 14.3 Å². The van der Waals surface area contributed by atoms with E-state index in [0.717, 1.165) is 17.7 Å². The van der Waals surface area contributed by atoms with Crippen LogP contribution in [0.5, 0.6) is 5.75 Å². The average molecular weight is 349 g/mol. The Kier molecular flexibility index (Phi) is 9.32. The van der Waals surface area contributed by atoms with Crippen LogP contribution >= 0.6 is 0 Å². The number of aliphatic hydroxyl groups excluding tert-OH is 1.